The minimum absolute atomic E-state index is 0.701. The molecule has 0 fully saturated rings. The van der Waals surface area contributed by atoms with Crippen LogP contribution in [-0.4, -0.2) is 33.8 Å². The van der Waals surface area contributed by atoms with Gasteiger partial charge in [0.05, 0.1) is 25.1 Å². The van der Waals surface area contributed by atoms with Gasteiger partial charge in [-0.05, 0) is 13.0 Å². The molecule has 3 heterocycles. The molecular weight excluding hydrogens is 320 g/mol. The fraction of sp³-hybridized carbons (Fsp3) is 0.214. The Hall–Kier alpha value is -2.19. The number of hydrogen-bond donors (Lipinski definition) is 0. The van der Waals surface area contributed by atoms with E-state index in [-0.39, 0.29) is 0 Å². The molecule has 22 heavy (non-hydrogen) atoms. The third kappa shape index (κ3) is 2.03. The number of hydrogen-bond acceptors (Lipinski definition) is 7. The van der Waals surface area contributed by atoms with Gasteiger partial charge in [-0.15, -0.1) is 11.3 Å². The van der Waals surface area contributed by atoms with Crippen molar-refractivity contribution in [2.75, 3.05) is 14.2 Å². The first-order chi connectivity index (χ1) is 10.7. The Kier molecular flexibility index (Phi) is 3.02. The quantitative estimate of drug-likeness (QED) is 0.575. The van der Waals surface area contributed by atoms with E-state index in [0.717, 1.165) is 36.6 Å². The van der Waals surface area contributed by atoms with Crippen molar-refractivity contribution in [1.29, 1.82) is 0 Å². The highest BCUT2D eigenvalue weighted by Gasteiger charge is 2.15. The van der Waals surface area contributed by atoms with Crippen LogP contribution in [0, 0.1) is 6.92 Å². The van der Waals surface area contributed by atoms with Crippen LogP contribution in [0.15, 0.2) is 18.3 Å². The molecular formula is C14H12N4O2S2. The van der Waals surface area contributed by atoms with Crippen LogP contribution in [0.4, 0.5) is 0 Å². The van der Waals surface area contributed by atoms with Gasteiger partial charge in [-0.3, -0.25) is 0 Å². The molecule has 3 aromatic heterocycles. The number of methoxy groups -OCH3 is 2. The summed E-state index contributed by atoms with van der Waals surface area (Å²) in [5.74, 6) is 1.45. The molecule has 0 amide bonds. The second-order valence-corrected chi connectivity index (χ2v) is 6.86. The van der Waals surface area contributed by atoms with Crippen LogP contribution < -0.4 is 9.47 Å². The Morgan fingerprint density at radius 3 is 2.68 bits per heavy atom. The number of aryl methyl sites for hydroxylation is 1. The summed E-state index contributed by atoms with van der Waals surface area (Å²) in [7, 11) is 3.27. The van der Waals surface area contributed by atoms with Gasteiger partial charge in [0.1, 0.15) is 32.7 Å². The standard InChI is InChI=1S/C14H12N4O2S2/c1-7-17-18-6-9(15-14(18)21-7)13-16-12-10(20-3)4-8(19-2)5-11(12)22-13/h4-6H,1-3H3. The monoisotopic (exact) mass is 332 g/mol. The van der Waals surface area contributed by atoms with Crippen LogP contribution in [0.2, 0.25) is 0 Å². The van der Waals surface area contributed by atoms with E-state index < -0.39 is 0 Å². The smallest absolute Gasteiger partial charge is 0.212 e. The van der Waals surface area contributed by atoms with Gasteiger partial charge in [-0.25, -0.2) is 14.5 Å². The molecule has 0 saturated carbocycles. The van der Waals surface area contributed by atoms with Crippen LogP contribution in [0.5, 0.6) is 11.5 Å². The first kappa shape index (κ1) is 13.5. The van der Waals surface area contributed by atoms with Crippen molar-refractivity contribution in [3.63, 3.8) is 0 Å². The predicted molar refractivity (Wildman–Crippen MR) is 87.3 cm³/mol. The SMILES string of the molecule is COc1cc(OC)c2nc(-c3cn4nc(C)sc4n3)sc2c1. The van der Waals surface area contributed by atoms with Crippen molar-refractivity contribution in [3.8, 4) is 22.2 Å². The first-order valence-electron chi connectivity index (χ1n) is 6.53. The summed E-state index contributed by atoms with van der Waals surface area (Å²) in [5.41, 5.74) is 1.64. The second-order valence-electron chi connectivity index (χ2n) is 4.67. The molecule has 0 aliphatic carbocycles. The molecule has 112 valence electrons. The number of ether oxygens (including phenoxy) is 2. The zero-order valence-corrected chi connectivity index (χ0v) is 13.8. The lowest BCUT2D eigenvalue weighted by Crippen LogP contribution is -1.87. The van der Waals surface area contributed by atoms with Crippen molar-refractivity contribution in [2.45, 2.75) is 6.92 Å². The van der Waals surface area contributed by atoms with Crippen LogP contribution >= 0.6 is 22.7 Å². The van der Waals surface area contributed by atoms with Gasteiger partial charge in [0.2, 0.25) is 4.96 Å². The van der Waals surface area contributed by atoms with E-state index in [0.29, 0.717) is 5.75 Å². The molecule has 6 nitrogen and oxygen atoms in total. The molecule has 0 bridgehead atoms. The van der Waals surface area contributed by atoms with E-state index in [1.54, 1.807) is 41.4 Å². The lowest BCUT2D eigenvalue weighted by molar-refractivity contribution is 0.397. The zero-order valence-electron chi connectivity index (χ0n) is 12.2. The van der Waals surface area contributed by atoms with Gasteiger partial charge in [0.25, 0.3) is 0 Å². The van der Waals surface area contributed by atoms with Crippen LogP contribution in [-0.2, 0) is 0 Å². The molecule has 0 atom stereocenters. The summed E-state index contributed by atoms with van der Waals surface area (Å²) < 4.78 is 13.5. The topological polar surface area (TPSA) is 61.5 Å². The maximum Gasteiger partial charge on any atom is 0.212 e. The maximum absolute atomic E-state index is 5.41. The maximum atomic E-state index is 5.41. The predicted octanol–water partition coefficient (Wildman–Crippen LogP) is 3.39. The van der Waals surface area contributed by atoms with Crippen LogP contribution in [0.1, 0.15) is 5.01 Å². The Bertz CT molecular complexity index is 954. The van der Waals surface area contributed by atoms with E-state index in [4.69, 9.17) is 9.47 Å². The lowest BCUT2D eigenvalue weighted by atomic mass is 10.3. The Balaban J connectivity index is 1.89. The molecule has 0 saturated heterocycles. The van der Waals surface area contributed by atoms with Crippen LogP contribution in [0.3, 0.4) is 0 Å². The van der Waals surface area contributed by atoms with E-state index in [2.05, 4.69) is 15.1 Å². The number of thiazole rings is 1. The number of imidazole rings is 1. The molecule has 0 spiro atoms. The third-order valence-corrected chi connectivity index (χ3v) is 5.12. The van der Waals surface area contributed by atoms with Gasteiger partial charge in [-0.1, -0.05) is 11.3 Å². The summed E-state index contributed by atoms with van der Waals surface area (Å²) in [6, 6.07) is 3.79. The molecule has 4 aromatic rings. The van der Waals surface area contributed by atoms with Crippen molar-refractivity contribution in [2.24, 2.45) is 0 Å². The molecule has 4 rings (SSSR count). The molecule has 0 aliphatic heterocycles. The van der Waals surface area contributed by atoms with Crippen molar-refractivity contribution in [3.05, 3.63) is 23.3 Å². The largest absolute Gasteiger partial charge is 0.497 e. The molecule has 0 aliphatic rings. The van der Waals surface area contributed by atoms with Gasteiger partial charge in [0.15, 0.2) is 0 Å². The van der Waals surface area contributed by atoms with E-state index >= 15 is 0 Å². The first-order valence-corrected chi connectivity index (χ1v) is 8.17. The normalized spacial score (nSPS) is 11.4. The minimum Gasteiger partial charge on any atom is -0.497 e. The van der Waals surface area contributed by atoms with E-state index in [1.807, 2.05) is 25.3 Å². The average molecular weight is 332 g/mol. The van der Waals surface area contributed by atoms with Crippen molar-refractivity contribution in [1.82, 2.24) is 19.6 Å². The second kappa shape index (κ2) is 4.92. The van der Waals surface area contributed by atoms with E-state index in [9.17, 15) is 0 Å². The average Bonchev–Trinajstić information content (AvgIpc) is 3.17. The number of rotatable bonds is 3. The van der Waals surface area contributed by atoms with Gasteiger partial charge < -0.3 is 9.47 Å². The Morgan fingerprint density at radius 1 is 1.09 bits per heavy atom. The molecule has 0 radical (unpaired) electrons. The lowest BCUT2D eigenvalue weighted by Gasteiger charge is -2.03. The summed E-state index contributed by atoms with van der Waals surface area (Å²) in [5, 5.41) is 6.21. The van der Waals surface area contributed by atoms with Crippen LogP contribution in [0.25, 0.3) is 25.9 Å². The van der Waals surface area contributed by atoms with Crippen molar-refractivity contribution < 1.29 is 9.47 Å². The van der Waals surface area contributed by atoms with Gasteiger partial charge in [-0.2, -0.15) is 5.10 Å². The van der Waals surface area contributed by atoms with E-state index in [1.165, 1.54) is 0 Å². The summed E-state index contributed by atoms with van der Waals surface area (Å²) in [4.78, 5) is 10.1. The number of aromatic nitrogens is 4. The highest BCUT2D eigenvalue weighted by molar-refractivity contribution is 7.21. The minimum atomic E-state index is 0.701. The number of fused-ring (bicyclic) bond motifs is 2. The molecule has 1 aromatic carbocycles. The van der Waals surface area contributed by atoms with Crippen molar-refractivity contribution >= 4 is 37.9 Å². The zero-order chi connectivity index (χ0) is 15.3. The highest BCUT2D eigenvalue weighted by atomic mass is 32.1. The molecule has 0 unspecified atom stereocenters. The number of nitrogens with zero attached hydrogens (tertiary/aromatic N) is 4. The summed E-state index contributed by atoms with van der Waals surface area (Å²) in [6.45, 7) is 1.97. The molecule has 0 N–H and O–H groups in total. The summed E-state index contributed by atoms with van der Waals surface area (Å²) in [6.07, 6.45) is 1.90. The van der Waals surface area contributed by atoms with Gasteiger partial charge >= 0.3 is 0 Å². The Labute approximate surface area is 134 Å². The highest BCUT2D eigenvalue weighted by Crippen LogP contribution is 2.37. The fourth-order valence-corrected chi connectivity index (χ4v) is 3.95. The Morgan fingerprint density at radius 2 is 1.95 bits per heavy atom. The third-order valence-electron chi connectivity index (χ3n) is 3.25. The summed E-state index contributed by atoms with van der Waals surface area (Å²) >= 11 is 3.12. The fourth-order valence-electron chi connectivity index (χ4n) is 2.26. The number of benzene rings is 1. The van der Waals surface area contributed by atoms with Gasteiger partial charge in [0, 0.05) is 6.07 Å². The molecule has 8 heteroatoms.